The minimum absolute atomic E-state index is 0.455. The van der Waals surface area contributed by atoms with Gasteiger partial charge in [-0.1, -0.05) is 48.3 Å². The van der Waals surface area contributed by atoms with E-state index in [1.54, 1.807) is 30.0 Å². The molecular formula is C15H14Cl2OS. The second-order valence-electron chi connectivity index (χ2n) is 4.08. The van der Waals surface area contributed by atoms with Gasteiger partial charge >= 0.3 is 0 Å². The maximum atomic E-state index is 10.3. The topological polar surface area (TPSA) is 20.2 Å². The summed E-state index contributed by atoms with van der Waals surface area (Å²) in [7, 11) is 0. The largest absolute Gasteiger partial charge is 0.384 e. The molecular weight excluding hydrogens is 299 g/mol. The van der Waals surface area contributed by atoms with E-state index in [1.165, 1.54) is 4.90 Å². The van der Waals surface area contributed by atoms with Gasteiger partial charge in [0, 0.05) is 4.90 Å². The molecule has 1 N–H and O–H groups in total. The van der Waals surface area contributed by atoms with Crippen LogP contribution < -0.4 is 0 Å². The first kappa shape index (κ1) is 14.7. The Kier molecular flexibility index (Phi) is 5.17. The van der Waals surface area contributed by atoms with Gasteiger partial charge in [0.1, 0.15) is 6.10 Å². The van der Waals surface area contributed by atoms with Crippen LogP contribution in [0.2, 0.25) is 10.0 Å². The minimum Gasteiger partial charge on any atom is -0.384 e. The van der Waals surface area contributed by atoms with Gasteiger partial charge in [0.15, 0.2) is 0 Å². The summed E-state index contributed by atoms with van der Waals surface area (Å²) in [6, 6.07) is 13.1. The Morgan fingerprint density at radius 2 is 1.63 bits per heavy atom. The van der Waals surface area contributed by atoms with E-state index in [9.17, 15) is 5.11 Å². The lowest BCUT2D eigenvalue weighted by atomic mass is 10.0. The SMILES string of the molecule is CCSc1ccc(C(O)c2ccc(Cl)c(Cl)c2)cc1. The summed E-state index contributed by atoms with van der Waals surface area (Å²) in [5, 5.41) is 11.3. The summed E-state index contributed by atoms with van der Waals surface area (Å²) in [5.41, 5.74) is 1.59. The van der Waals surface area contributed by atoms with Gasteiger partial charge < -0.3 is 5.11 Å². The van der Waals surface area contributed by atoms with E-state index < -0.39 is 6.10 Å². The van der Waals surface area contributed by atoms with Crippen LogP contribution in [0.1, 0.15) is 24.2 Å². The number of aliphatic hydroxyl groups excluding tert-OH is 1. The molecule has 0 heterocycles. The highest BCUT2D eigenvalue weighted by molar-refractivity contribution is 7.99. The molecule has 0 bridgehead atoms. The molecule has 19 heavy (non-hydrogen) atoms. The van der Waals surface area contributed by atoms with Crippen molar-refractivity contribution >= 4 is 35.0 Å². The summed E-state index contributed by atoms with van der Waals surface area (Å²) >= 11 is 13.6. The first-order chi connectivity index (χ1) is 9.11. The molecule has 0 aliphatic heterocycles. The highest BCUT2D eigenvalue weighted by atomic mass is 35.5. The summed E-state index contributed by atoms with van der Waals surface area (Å²) in [5.74, 6) is 1.04. The van der Waals surface area contributed by atoms with Gasteiger partial charge in [-0.15, -0.1) is 11.8 Å². The number of rotatable bonds is 4. The standard InChI is InChI=1S/C15H14Cl2OS/c1-2-19-12-6-3-10(4-7-12)15(18)11-5-8-13(16)14(17)9-11/h3-9,15,18H,2H2,1H3. The molecule has 0 radical (unpaired) electrons. The van der Waals surface area contributed by atoms with Crippen molar-refractivity contribution in [2.45, 2.75) is 17.9 Å². The number of hydrogen-bond acceptors (Lipinski definition) is 2. The molecule has 0 saturated heterocycles. The van der Waals surface area contributed by atoms with Crippen molar-refractivity contribution in [2.24, 2.45) is 0 Å². The second kappa shape index (κ2) is 6.67. The average molecular weight is 313 g/mol. The van der Waals surface area contributed by atoms with Crippen LogP contribution in [0.5, 0.6) is 0 Å². The first-order valence-corrected chi connectivity index (χ1v) is 7.71. The zero-order valence-electron chi connectivity index (χ0n) is 10.4. The smallest absolute Gasteiger partial charge is 0.104 e. The summed E-state index contributed by atoms with van der Waals surface area (Å²) in [4.78, 5) is 1.20. The van der Waals surface area contributed by atoms with Crippen molar-refractivity contribution in [1.29, 1.82) is 0 Å². The van der Waals surface area contributed by atoms with Gasteiger partial charge in [-0.2, -0.15) is 0 Å². The molecule has 1 nitrogen and oxygen atoms in total. The Bertz CT molecular complexity index is 555. The molecule has 0 saturated carbocycles. The van der Waals surface area contributed by atoms with Crippen molar-refractivity contribution in [3.05, 3.63) is 63.6 Å². The predicted octanol–water partition coefficient (Wildman–Crippen LogP) is 5.19. The Morgan fingerprint density at radius 1 is 1.00 bits per heavy atom. The van der Waals surface area contributed by atoms with Crippen LogP contribution in [0, 0.1) is 0 Å². The Labute approximate surface area is 127 Å². The zero-order chi connectivity index (χ0) is 13.8. The lowest BCUT2D eigenvalue weighted by molar-refractivity contribution is 0.220. The van der Waals surface area contributed by atoms with Gasteiger partial charge in [-0.25, -0.2) is 0 Å². The molecule has 2 aromatic rings. The molecule has 0 aromatic heterocycles. The van der Waals surface area contributed by atoms with Crippen LogP contribution >= 0.6 is 35.0 Å². The van der Waals surface area contributed by atoms with Crippen LogP contribution in [0.3, 0.4) is 0 Å². The maximum Gasteiger partial charge on any atom is 0.104 e. The number of halogens is 2. The molecule has 1 atom stereocenters. The van der Waals surface area contributed by atoms with Gasteiger partial charge in [0.2, 0.25) is 0 Å². The van der Waals surface area contributed by atoms with Gasteiger partial charge in [-0.3, -0.25) is 0 Å². The van der Waals surface area contributed by atoms with Crippen molar-refractivity contribution in [1.82, 2.24) is 0 Å². The van der Waals surface area contributed by atoms with E-state index in [1.807, 2.05) is 24.3 Å². The number of aliphatic hydroxyl groups is 1. The number of thioether (sulfide) groups is 1. The fourth-order valence-electron chi connectivity index (χ4n) is 1.79. The lowest BCUT2D eigenvalue weighted by Gasteiger charge is -2.12. The molecule has 2 rings (SSSR count). The Balaban J connectivity index is 2.22. The van der Waals surface area contributed by atoms with E-state index in [0.717, 1.165) is 16.9 Å². The highest BCUT2D eigenvalue weighted by Gasteiger charge is 2.11. The summed E-state index contributed by atoms with van der Waals surface area (Å²) in [6.45, 7) is 2.11. The van der Waals surface area contributed by atoms with E-state index in [-0.39, 0.29) is 0 Å². The van der Waals surface area contributed by atoms with Crippen molar-refractivity contribution in [3.63, 3.8) is 0 Å². The lowest BCUT2D eigenvalue weighted by Crippen LogP contribution is -1.99. The Hall–Kier alpha value is -0.670. The molecule has 100 valence electrons. The number of benzene rings is 2. The third-order valence-corrected chi connectivity index (χ3v) is 4.40. The van der Waals surface area contributed by atoms with E-state index in [2.05, 4.69) is 6.92 Å². The summed E-state index contributed by atoms with van der Waals surface area (Å²) in [6.07, 6.45) is -0.685. The molecule has 0 aliphatic rings. The van der Waals surface area contributed by atoms with Crippen LogP contribution in [-0.2, 0) is 0 Å². The molecule has 2 aromatic carbocycles. The quantitative estimate of drug-likeness (QED) is 0.784. The molecule has 0 fully saturated rings. The monoisotopic (exact) mass is 312 g/mol. The average Bonchev–Trinajstić information content (AvgIpc) is 2.42. The van der Waals surface area contributed by atoms with Crippen LogP contribution in [-0.4, -0.2) is 10.9 Å². The molecule has 1 unspecified atom stereocenters. The summed E-state index contributed by atoms with van der Waals surface area (Å²) < 4.78 is 0. The predicted molar refractivity (Wildman–Crippen MR) is 83.4 cm³/mol. The fraction of sp³-hybridized carbons (Fsp3) is 0.200. The van der Waals surface area contributed by atoms with Crippen LogP contribution in [0.15, 0.2) is 47.4 Å². The highest BCUT2D eigenvalue weighted by Crippen LogP contribution is 2.29. The van der Waals surface area contributed by atoms with Gasteiger partial charge in [-0.05, 0) is 41.1 Å². The van der Waals surface area contributed by atoms with Gasteiger partial charge in [0.25, 0.3) is 0 Å². The van der Waals surface area contributed by atoms with Crippen molar-refractivity contribution in [3.8, 4) is 0 Å². The molecule has 0 spiro atoms. The van der Waals surface area contributed by atoms with E-state index >= 15 is 0 Å². The van der Waals surface area contributed by atoms with Crippen molar-refractivity contribution < 1.29 is 5.11 Å². The Morgan fingerprint density at radius 3 is 2.21 bits per heavy atom. The van der Waals surface area contributed by atoms with Crippen LogP contribution in [0.25, 0.3) is 0 Å². The molecule has 0 amide bonds. The van der Waals surface area contributed by atoms with E-state index in [0.29, 0.717) is 10.0 Å². The van der Waals surface area contributed by atoms with Crippen LogP contribution in [0.4, 0.5) is 0 Å². The fourth-order valence-corrected chi connectivity index (χ4v) is 2.76. The third-order valence-electron chi connectivity index (χ3n) is 2.77. The minimum atomic E-state index is -0.685. The van der Waals surface area contributed by atoms with Gasteiger partial charge in [0.05, 0.1) is 10.0 Å². The second-order valence-corrected chi connectivity index (χ2v) is 6.23. The van der Waals surface area contributed by atoms with Crippen molar-refractivity contribution in [2.75, 3.05) is 5.75 Å². The normalized spacial score (nSPS) is 12.4. The van der Waals surface area contributed by atoms with E-state index in [4.69, 9.17) is 23.2 Å². The zero-order valence-corrected chi connectivity index (χ0v) is 12.8. The number of hydrogen-bond donors (Lipinski definition) is 1. The molecule has 0 aliphatic carbocycles. The third kappa shape index (κ3) is 3.67. The maximum absolute atomic E-state index is 10.3. The first-order valence-electron chi connectivity index (χ1n) is 5.97. The molecule has 4 heteroatoms.